The Bertz CT molecular complexity index is 337. The third kappa shape index (κ3) is 5.00. The summed E-state index contributed by atoms with van der Waals surface area (Å²) < 4.78 is 0. The van der Waals surface area contributed by atoms with Gasteiger partial charge in [0.05, 0.1) is 0 Å². The number of rotatable bonds is 7. The normalized spacial score (nSPS) is 14.2. The van der Waals surface area contributed by atoms with Crippen LogP contribution in [0.15, 0.2) is 30.3 Å². The summed E-state index contributed by atoms with van der Waals surface area (Å²) in [6.45, 7) is 4.88. The van der Waals surface area contributed by atoms with Crippen LogP contribution in [0.2, 0.25) is 0 Å². The number of hydrogen-bond acceptors (Lipinski definition) is 2. The zero-order chi connectivity index (χ0) is 12.7. The maximum Gasteiger partial charge on any atom is 0.303 e. The summed E-state index contributed by atoms with van der Waals surface area (Å²) in [5.41, 5.74) is 1.23. The van der Waals surface area contributed by atoms with Crippen molar-refractivity contribution >= 4 is 5.97 Å². The zero-order valence-electron chi connectivity index (χ0n) is 10.5. The standard InChI is InChI=1S/C14H21NO2/c1-3-12(9-14(16)17)10-15-11(2)13-7-5-4-6-8-13/h4-8,11-12,15H,3,9-10H2,1-2H3,(H,16,17)/t11-,12?/m0/s1. The lowest BCUT2D eigenvalue weighted by Gasteiger charge is -2.18. The van der Waals surface area contributed by atoms with Gasteiger partial charge in [-0.1, -0.05) is 43.7 Å². The number of aliphatic carboxylic acids is 1. The van der Waals surface area contributed by atoms with Crippen LogP contribution < -0.4 is 5.32 Å². The van der Waals surface area contributed by atoms with Crippen LogP contribution in [0.25, 0.3) is 0 Å². The monoisotopic (exact) mass is 235 g/mol. The molecule has 0 spiro atoms. The summed E-state index contributed by atoms with van der Waals surface area (Å²) in [5.74, 6) is -0.510. The first-order valence-corrected chi connectivity index (χ1v) is 6.13. The van der Waals surface area contributed by atoms with E-state index in [1.807, 2.05) is 25.1 Å². The third-order valence-electron chi connectivity index (χ3n) is 3.05. The molecule has 0 amide bonds. The highest BCUT2D eigenvalue weighted by molar-refractivity contribution is 5.67. The van der Waals surface area contributed by atoms with Gasteiger partial charge in [-0.25, -0.2) is 0 Å². The molecule has 0 radical (unpaired) electrons. The first-order chi connectivity index (χ1) is 8.13. The molecule has 0 aliphatic carbocycles. The van der Waals surface area contributed by atoms with E-state index in [0.717, 1.165) is 13.0 Å². The van der Waals surface area contributed by atoms with Gasteiger partial charge in [-0.3, -0.25) is 4.79 Å². The number of nitrogens with one attached hydrogen (secondary N) is 1. The molecule has 0 fully saturated rings. The van der Waals surface area contributed by atoms with Crippen molar-refractivity contribution < 1.29 is 9.90 Å². The van der Waals surface area contributed by atoms with E-state index in [2.05, 4.69) is 24.4 Å². The smallest absolute Gasteiger partial charge is 0.303 e. The van der Waals surface area contributed by atoms with Crippen molar-refractivity contribution in [2.45, 2.75) is 32.7 Å². The Hall–Kier alpha value is -1.35. The van der Waals surface area contributed by atoms with Crippen LogP contribution in [0.5, 0.6) is 0 Å². The number of benzene rings is 1. The van der Waals surface area contributed by atoms with E-state index in [1.54, 1.807) is 0 Å². The molecule has 1 unspecified atom stereocenters. The van der Waals surface area contributed by atoms with E-state index in [-0.39, 0.29) is 18.4 Å². The van der Waals surface area contributed by atoms with Gasteiger partial charge in [0.25, 0.3) is 0 Å². The molecule has 2 atom stereocenters. The molecule has 0 saturated carbocycles. The molecule has 0 bridgehead atoms. The van der Waals surface area contributed by atoms with Gasteiger partial charge >= 0.3 is 5.97 Å². The van der Waals surface area contributed by atoms with Crippen molar-refractivity contribution in [3.05, 3.63) is 35.9 Å². The van der Waals surface area contributed by atoms with E-state index in [9.17, 15) is 4.79 Å². The first-order valence-electron chi connectivity index (χ1n) is 6.13. The van der Waals surface area contributed by atoms with Crippen molar-refractivity contribution in [3.8, 4) is 0 Å². The molecule has 0 aliphatic heterocycles. The minimum Gasteiger partial charge on any atom is -0.481 e. The summed E-state index contributed by atoms with van der Waals surface area (Å²) in [7, 11) is 0. The Labute approximate surface area is 103 Å². The Morgan fingerprint density at radius 1 is 1.35 bits per heavy atom. The minimum atomic E-state index is -0.717. The van der Waals surface area contributed by atoms with Gasteiger partial charge < -0.3 is 10.4 Å². The summed E-state index contributed by atoms with van der Waals surface area (Å²) in [6, 6.07) is 10.4. The minimum absolute atomic E-state index is 0.207. The predicted octanol–water partition coefficient (Wildman–Crippen LogP) is 2.84. The molecule has 2 N–H and O–H groups in total. The second-order valence-corrected chi connectivity index (χ2v) is 4.41. The quantitative estimate of drug-likeness (QED) is 0.764. The number of carboxylic acid groups (broad SMARTS) is 1. The second kappa shape index (κ2) is 7.07. The topological polar surface area (TPSA) is 49.3 Å². The van der Waals surface area contributed by atoms with E-state index < -0.39 is 5.97 Å². The third-order valence-corrected chi connectivity index (χ3v) is 3.05. The largest absolute Gasteiger partial charge is 0.481 e. The molecular formula is C14H21NO2. The van der Waals surface area contributed by atoms with Crippen LogP contribution in [0, 0.1) is 5.92 Å². The molecule has 0 aliphatic rings. The Kier molecular flexibility index (Phi) is 5.70. The van der Waals surface area contributed by atoms with Crippen molar-refractivity contribution in [3.63, 3.8) is 0 Å². The first kappa shape index (κ1) is 13.7. The van der Waals surface area contributed by atoms with Gasteiger partial charge in [0.2, 0.25) is 0 Å². The number of carbonyl (C=O) groups is 1. The fourth-order valence-electron chi connectivity index (χ4n) is 1.81. The number of hydrogen-bond donors (Lipinski definition) is 2. The van der Waals surface area contributed by atoms with Gasteiger partial charge in [0.15, 0.2) is 0 Å². The maximum absolute atomic E-state index is 10.7. The van der Waals surface area contributed by atoms with Crippen LogP contribution in [0.4, 0.5) is 0 Å². The molecule has 0 saturated heterocycles. The van der Waals surface area contributed by atoms with Crippen LogP contribution in [-0.4, -0.2) is 17.6 Å². The Morgan fingerprint density at radius 3 is 2.53 bits per heavy atom. The summed E-state index contributed by atoms with van der Waals surface area (Å²) in [6.07, 6.45) is 1.13. The van der Waals surface area contributed by atoms with E-state index >= 15 is 0 Å². The summed E-state index contributed by atoms with van der Waals surface area (Å²) >= 11 is 0. The second-order valence-electron chi connectivity index (χ2n) is 4.41. The highest BCUT2D eigenvalue weighted by atomic mass is 16.4. The fourth-order valence-corrected chi connectivity index (χ4v) is 1.81. The molecular weight excluding hydrogens is 214 g/mol. The van der Waals surface area contributed by atoms with Gasteiger partial charge in [-0.15, -0.1) is 0 Å². The van der Waals surface area contributed by atoms with Gasteiger partial charge in [0, 0.05) is 12.5 Å². The zero-order valence-corrected chi connectivity index (χ0v) is 10.5. The average Bonchev–Trinajstić information content (AvgIpc) is 2.34. The Balaban J connectivity index is 2.41. The molecule has 17 heavy (non-hydrogen) atoms. The lowest BCUT2D eigenvalue weighted by Crippen LogP contribution is -2.26. The number of carboxylic acids is 1. The van der Waals surface area contributed by atoms with Crippen molar-refractivity contribution in [2.75, 3.05) is 6.54 Å². The average molecular weight is 235 g/mol. The highest BCUT2D eigenvalue weighted by Crippen LogP contribution is 2.13. The molecule has 1 aromatic rings. The van der Waals surface area contributed by atoms with Crippen LogP contribution in [0.3, 0.4) is 0 Å². The van der Waals surface area contributed by atoms with E-state index in [0.29, 0.717) is 0 Å². The SMILES string of the molecule is CCC(CN[C@@H](C)c1ccccc1)CC(=O)O. The molecule has 0 heterocycles. The van der Waals surface area contributed by atoms with Crippen LogP contribution in [-0.2, 0) is 4.79 Å². The van der Waals surface area contributed by atoms with Crippen LogP contribution >= 0.6 is 0 Å². The maximum atomic E-state index is 10.7. The van der Waals surface area contributed by atoms with Gasteiger partial charge in [-0.05, 0) is 24.9 Å². The molecule has 3 heteroatoms. The fraction of sp³-hybridized carbons (Fsp3) is 0.500. The molecule has 3 nitrogen and oxygen atoms in total. The molecule has 0 aromatic heterocycles. The lowest BCUT2D eigenvalue weighted by molar-refractivity contribution is -0.138. The van der Waals surface area contributed by atoms with Gasteiger partial charge in [-0.2, -0.15) is 0 Å². The van der Waals surface area contributed by atoms with E-state index in [1.165, 1.54) is 5.56 Å². The lowest BCUT2D eigenvalue weighted by atomic mass is 10.0. The molecule has 1 rings (SSSR count). The summed E-state index contributed by atoms with van der Waals surface area (Å²) in [4.78, 5) is 10.7. The van der Waals surface area contributed by atoms with Crippen molar-refractivity contribution in [1.29, 1.82) is 0 Å². The summed E-state index contributed by atoms with van der Waals surface area (Å²) in [5, 5.41) is 12.2. The van der Waals surface area contributed by atoms with Crippen molar-refractivity contribution in [2.24, 2.45) is 5.92 Å². The van der Waals surface area contributed by atoms with Crippen molar-refractivity contribution in [1.82, 2.24) is 5.32 Å². The molecule has 1 aromatic carbocycles. The van der Waals surface area contributed by atoms with Gasteiger partial charge in [0.1, 0.15) is 0 Å². The predicted molar refractivity (Wildman–Crippen MR) is 68.9 cm³/mol. The Morgan fingerprint density at radius 2 is 2.00 bits per heavy atom. The highest BCUT2D eigenvalue weighted by Gasteiger charge is 2.12. The molecule has 94 valence electrons. The van der Waals surface area contributed by atoms with Crippen LogP contribution in [0.1, 0.15) is 38.3 Å². The van der Waals surface area contributed by atoms with E-state index in [4.69, 9.17) is 5.11 Å².